The summed E-state index contributed by atoms with van der Waals surface area (Å²) in [5, 5.41) is 0. The van der Waals surface area contributed by atoms with Gasteiger partial charge in [-0.1, -0.05) is 118 Å². The molecule has 0 bridgehead atoms. The summed E-state index contributed by atoms with van der Waals surface area (Å²) >= 11 is 1.69. The molecule has 0 nitrogen and oxygen atoms in total. The molecule has 3 aliphatic carbocycles. The quantitative estimate of drug-likeness (QED) is 0.179. The van der Waals surface area contributed by atoms with E-state index in [1.165, 1.54) is 83.0 Å². The van der Waals surface area contributed by atoms with E-state index in [9.17, 15) is 0 Å². The van der Waals surface area contributed by atoms with E-state index in [1.54, 1.807) is 24.2 Å². The van der Waals surface area contributed by atoms with Crippen LogP contribution in [0.5, 0.6) is 0 Å². The summed E-state index contributed by atoms with van der Waals surface area (Å²) in [5.74, 6) is 0. The van der Waals surface area contributed by atoms with E-state index in [1.807, 2.05) is 15.4 Å². The summed E-state index contributed by atoms with van der Waals surface area (Å²) in [6, 6.07) is 36.9. The molecule has 0 spiro atoms. The normalized spacial score (nSPS) is 14.7. The van der Waals surface area contributed by atoms with Crippen molar-refractivity contribution in [2.45, 2.75) is 89.9 Å². The van der Waals surface area contributed by atoms with Gasteiger partial charge in [0.1, 0.15) is 0 Å². The average molecular weight is 725 g/mol. The summed E-state index contributed by atoms with van der Waals surface area (Å²) < 4.78 is 1.81. The topological polar surface area (TPSA) is 0 Å². The fourth-order valence-electron chi connectivity index (χ4n) is 6.37. The van der Waals surface area contributed by atoms with Crippen LogP contribution >= 0.6 is 0 Å². The fourth-order valence-corrected chi connectivity index (χ4v) is 7.24. The first kappa shape index (κ1) is 38.1. The van der Waals surface area contributed by atoms with Crippen LogP contribution in [-0.2, 0) is 41.5 Å². The third kappa shape index (κ3) is 9.40. The van der Waals surface area contributed by atoms with Crippen molar-refractivity contribution < 1.29 is 49.0 Å². The van der Waals surface area contributed by atoms with Crippen molar-refractivity contribution in [2.24, 2.45) is 0 Å². The first-order chi connectivity index (χ1) is 21.3. The van der Waals surface area contributed by atoms with Gasteiger partial charge in [0.05, 0.1) is 0 Å². The molecule has 0 heterocycles. The molecule has 0 N–H and O–H groups in total. The summed E-state index contributed by atoms with van der Waals surface area (Å²) in [6.45, 7) is 9.26. The van der Waals surface area contributed by atoms with Gasteiger partial charge in [-0.3, -0.25) is 6.08 Å². The molecule has 1 fully saturated rings. The van der Waals surface area contributed by atoms with Crippen LogP contribution in [0, 0.1) is 12.1 Å². The van der Waals surface area contributed by atoms with Gasteiger partial charge in [-0.05, 0) is 28.5 Å². The van der Waals surface area contributed by atoms with Gasteiger partial charge in [-0.25, -0.2) is 12.2 Å². The third-order valence-corrected chi connectivity index (χ3v) is 10.8. The molecule has 0 unspecified atom stereocenters. The van der Waals surface area contributed by atoms with Crippen molar-refractivity contribution in [3.05, 3.63) is 155 Å². The maximum atomic E-state index is 3.63. The molecule has 7 rings (SSSR count). The number of rotatable bonds is 4. The molecule has 0 radical (unpaired) electrons. The van der Waals surface area contributed by atoms with Gasteiger partial charge in [0.15, 0.2) is 0 Å². The predicted molar refractivity (Wildman–Crippen MR) is 185 cm³/mol. The molecule has 238 valence electrons. The standard InChI is InChI=1S/C31H29.C7H12.C5H5.2ClH.Zr/c1-30(2,24-11-7-5-8-12-24)26-17-15-22-19-23-16-18-27(21-29(23)28(22)20-26)31(3,4)25-13-9-6-10-14-25;1-2-4-6-7-5-3-1;1-2-4-5-3-1;;;/h5-15,17-18,20-21H,19H2,1-4H3;1-6H2;1-3H,4H2;2*1H;/q-1;;-1;;;+2/p-2. The Morgan fingerprint density at radius 3 is 1.72 bits per heavy atom. The van der Waals surface area contributed by atoms with Gasteiger partial charge in [0.25, 0.3) is 0 Å². The molecule has 46 heavy (non-hydrogen) atoms. The molecule has 0 aliphatic heterocycles. The number of hydrogen-bond acceptors (Lipinski definition) is 0. The van der Waals surface area contributed by atoms with Crippen molar-refractivity contribution in [3.8, 4) is 11.1 Å². The Bertz CT molecular complexity index is 1490. The van der Waals surface area contributed by atoms with Crippen molar-refractivity contribution in [1.82, 2.24) is 0 Å². The molecule has 0 amide bonds. The van der Waals surface area contributed by atoms with E-state index in [2.05, 4.69) is 137 Å². The van der Waals surface area contributed by atoms with Crippen molar-refractivity contribution in [2.75, 3.05) is 0 Å². The Morgan fingerprint density at radius 1 is 0.630 bits per heavy atom. The zero-order chi connectivity index (χ0) is 31.0. The second kappa shape index (κ2) is 17.7. The van der Waals surface area contributed by atoms with Crippen LogP contribution in [0.2, 0.25) is 0 Å². The number of hydrogen-bond donors (Lipinski definition) is 0. The molecule has 0 atom stereocenters. The predicted octanol–water partition coefficient (Wildman–Crippen LogP) is 5.08. The molecular weight excluding hydrogens is 679 g/mol. The van der Waals surface area contributed by atoms with Gasteiger partial charge >= 0.3 is 66.0 Å². The third-order valence-electron chi connectivity index (χ3n) is 9.52. The summed E-state index contributed by atoms with van der Waals surface area (Å²) in [7, 11) is 0. The van der Waals surface area contributed by atoms with E-state index in [0.717, 1.165) is 12.8 Å². The van der Waals surface area contributed by atoms with Crippen LogP contribution < -0.4 is 24.8 Å². The van der Waals surface area contributed by atoms with E-state index in [4.69, 9.17) is 0 Å². The summed E-state index contributed by atoms with van der Waals surface area (Å²) in [5.41, 5.74) is 10.7. The minimum atomic E-state index is -0.0591. The minimum absolute atomic E-state index is 0. The SMILES string of the molecule is CC(C)(c1ccccc1)c1c[c-]c2c(c1)-c1cc(C(C)(C)c3ccccc3)ccc1C2.[C-]1=CC=CC1.[Cl-].[Cl-].[Zr+2]=[C]1CCCCCC1. The van der Waals surface area contributed by atoms with E-state index >= 15 is 0 Å². The van der Waals surface area contributed by atoms with Crippen LogP contribution in [0.25, 0.3) is 11.1 Å². The fraction of sp³-hybridized carbons (Fsp3) is 0.326. The first-order valence-electron chi connectivity index (χ1n) is 16.3. The van der Waals surface area contributed by atoms with Crippen LogP contribution in [0.1, 0.15) is 106 Å². The van der Waals surface area contributed by atoms with Crippen LogP contribution in [-0.4, -0.2) is 3.21 Å². The monoisotopic (exact) mass is 722 g/mol. The van der Waals surface area contributed by atoms with Crippen LogP contribution in [0.15, 0.2) is 109 Å². The molecule has 4 aromatic carbocycles. The Morgan fingerprint density at radius 2 is 1.20 bits per heavy atom. The number of allylic oxidation sites excluding steroid dienone is 4. The van der Waals surface area contributed by atoms with Crippen molar-refractivity contribution in [3.63, 3.8) is 0 Å². The Hall–Kier alpha value is -2.31. The second-order valence-corrected chi connectivity index (χ2v) is 15.1. The maximum absolute atomic E-state index is 3.63. The van der Waals surface area contributed by atoms with Gasteiger partial charge < -0.3 is 24.8 Å². The number of benzene rings is 4. The molecule has 0 saturated heterocycles. The number of halogens is 2. The van der Waals surface area contributed by atoms with Gasteiger partial charge in [0.2, 0.25) is 0 Å². The zero-order valence-electron chi connectivity index (χ0n) is 27.8. The van der Waals surface area contributed by atoms with Gasteiger partial charge in [-0.2, -0.15) is 29.8 Å². The van der Waals surface area contributed by atoms with E-state index in [-0.39, 0.29) is 35.6 Å². The van der Waals surface area contributed by atoms with Gasteiger partial charge in [-0.15, -0.1) is 17.5 Å². The van der Waals surface area contributed by atoms with Crippen LogP contribution in [0.3, 0.4) is 0 Å². The molecule has 0 aromatic heterocycles. The van der Waals surface area contributed by atoms with E-state index in [0.29, 0.717) is 0 Å². The Balaban J connectivity index is 0.000000320. The molecule has 4 aromatic rings. The molecular formula is C43H46Cl2Zr-2. The van der Waals surface area contributed by atoms with Crippen molar-refractivity contribution in [1.29, 1.82) is 0 Å². The van der Waals surface area contributed by atoms with Crippen molar-refractivity contribution >= 4 is 3.21 Å². The Kier molecular flexibility index (Phi) is 14.7. The molecule has 1 saturated carbocycles. The first-order valence-corrected chi connectivity index (χ1v) is 17.6. The summed E-state index contributed by atoms with van der Waals surface area (Å²) in [6.07, 6.45) is 19.8. The van der Waals surface area contributed by atoms with Crippen LogP contribution in [0.4, 0.5) is 0 Å². The van der Waals surface area contributed by atoms with E-state index < -0.39 is 0 Å². The molecule has 3 aliphatic rings. The second-order valence-electron chi connectivity index (χ2n) is 13.3. The average Bonchev–Trinajstić information content (AvgIpc) is 3.70. The summed E-state index contributed by atoms with van der Waals surface area (Å²) in [4.78, 5) is 0. The van der Waals surface area contributed by atoms with Gasteiger partial charge in [0, 0.05) is 5.41 Å². The number of fused-ring (bicyclic) bond motifs is 3. The Labute approximate surface area is 306 Å². The molecule has 3 heteroatoms. The zero-order valence-corrected chi connectivity index (χ0v) is 31.8.